The number of hydrogen-bond acceptors (Lipinski definition) is 3. The molecule has 4 rings (SSSR count). The zero-order chi connectivity index (χ0) is 17.4. The summed E-state index contributed by atoms with van der Waals surface area (Å²) < 4.78 is 1.88. The fraction of sp³-hybridized carbons (Fsp3) is 0.211. The predicted octanol–water partition coefficient (Wildman–Crippen LogP) is 3.02. The molecule has 3 heterocycles. The number of nitrogens with zero attached hydrogens (tertiary/aromatic N) is 3. The third kappa shape index (κ3) is 2.87. The molecule has 0 radical (unpaired) electrons. The van der Waals surface area contributed by atoms with E-state index in [1.807, 2.05) is 53.8 Å². The first-order valence-corrected chi connectivity index (χ1v) is 8.28. The first-order valence-electron chi connectivity index (χ1n) is 8.28. The van der Waals surface area contributed by atoms with Gasteiger partial charge in [0.1, 0.15) is 11.3 Å². The predicted molar refractivity (Wildman–Crippen MR) is 95.9 cm³/mol. The Morgan fingerprint density at radius 2 is 2.04 bits per heavy atom. The molecule has 0 aliphatic carbocycles. The first-order chi connectivity index (χ1) is 12.1. The van der Waals surface area contributed by atoms with Gasteiger partial charge in [0.15, 0.2) is 0 Å². The molecular formula is C19H18N4O2. The maximum Gasteiger partial charge on any atom is 0.275 e. The third-order valence-electron chi connectivity index (χ3n) is 4.42. The van der Waals surface area contributed by atoms with Crippen LogP contribution in [0.3, 0.4) is 0 Å². The zero-order valence-electron chi connectivity index (χ0n) is 13.9. The van der Waals surface area contributed by atoms with Crippen molar-refractivity contribution in [3.8, 4) is 0 Å². The average Bonchev–Trinajstić information content (AvgIpc) is 3.22. The molecule has 2 aromatic heterocycles. The van der Waals surface area contributed by atoms with Crippen molar-refractivity contribution in [2.45, 2.75) is 19.8 Å². The lowest BCUT2D eigenvalue weighted by Crippen LogP contribution is -2.23. The maximum atomic E-state index is 12.5. The number of fused-ring (bicyclic) bond motifs is 1. The van der Waals surface area contributed by atoms with Crippen molar-refractivity contribution in [3.05, 3.63) is 60.0 Å². The van der Waals surface area contributed by atoms with Crippen LogP contribution in [0.25, 0.3) is 5.65 Å². The number of rotatable bonds is 3. The summed E-state index contributed by atoms with van der Waals surface area (Å²) in [5, 5.41) is 2.86. The standard InChI is InChI=1S/C19H18N4O2/c1-13-5-2-8-17-21-16(12-23(13)17)19(25)20-14-6-3-7-15(11-14)22-10-4-9-18(22)24/h2-3,5-8,11-12H,4,9-10H2,1H3,(H,20,25). The Balaban J connectivity index is 1.57. The summed E-state index contributed by atoms with van der Waals surface area (Å²) in [5.41, 5.74) is 3.57. The second kappa shape index (κ2) is 6.05. The molecule has 1 aliphatic heterocycles. The number of amides is 2. The number of carbonyl (C=O) groups is 2. The van der Waals surface area contributed by atoms with Gasteiger partial charge in [0.05, 0.1) is 0 Å². The van der Waals surface area contributed by atoms with Crippen LogP contribution in [-0.2, 0) is 4.79 Å². The van der Waals surface area contributed by atoms with Gasteiger partial charge in [-0.3, -0.25) is 9.59 Å². The highest BCUT2D eigenvalue weighted by Crippen LogP contribution is 2.24. The molecule has 2 amide bonds. The van der Waals surface area contributed by atoms with Crippen LogP contribution in [0.4, 0.5) is 11.4 Å². The van der Waals surface area contributed by atoms with E-state index in [4.69, 9.17) is 0 Å². The van der Waals surface area contributed by atoms with E-state index in [1.165, 1.54) is 0 Å². The van der Waals surface area contributed by atoms with Gasteiger partial charge >= 0.3 is 0 Å². The first kappa shape index (κ1) is 15.4. The molecule has 0 spiro atoms. The van der Waals surface area contributed by atoms with Crippen molar-refractivity contribution < 1.29 is 9.59 Å². The van der Waals surface area contributed by atoms with Crippen molar-refractivity contribution >= 4 is 28.8 Å². The Morgan fingerprint density at radius 3 is 2.80 bits per heavy atom. The number of aryl methyl sites for hydroxylation is 1. The molecule has 1 aliphatic rings. The van der Waals surface area contributed by atoms with Gasteiger partial charge in [-0.2, -0.15) is 0 Å². The summed E-state index contributed by atoms with van der Waals surface area (Å²) in [6.07, 6.45) is 3.18. The van der Waals surface area contributed by atoms with Crippen LogP contribution in [0.2, 0.25) is 0 Å². The Morgan fingerprint density at radius 1 is 1.20 bits per heavy atom. The number of anilines is 2. The van der Waals surface area contributed by atoms with Gasteiger partial charge in [0.2, 0.25) is 5.91 Å². The summed E-state index contributed by atoms with van der Waals surface area (Å²) >= 11 is 0. The van der Waals surface area contributed by atoms with Crippen molar-refractivity contribution in [3.63, 3.8) is 0 Å². The van der Waals surface area contributed by atoms with Gasteiger partial charge in [-0.25, -0.2) is 4.98 Å². The highest BCUT2D eigenvalue weighted by Gasteiger charge is 2.22. The lowest BCUT2D eigenvalue weighted by molar-refractivity contribution is -0.117. The highest BCUT2D eigenvalue weighted by atomic mass is 16.2. The molecule has 1 saturated heterocycles. The van der Waals surface area contributed by atoms with Crippen LogP contribution >= 0.6 is 0 Å². The van der Waals surface area contributed by atoms with Gasteiger partial charge in [0.25, 0.3) is 5.91 Å². The fourth-order valence-electron chi connectivity index (χ4n) is 3.13. The summed E-state index contributed by atoms with van der Waals surface area (Å²) in [6, 6.07) is 13.1. The third-order valence-corrected chi connectivity index (χ3v) is 4.42. The van der Waals surface area contributed by atoms with Gasteiger partial charge in [-0.15, -0.1) is 0 Å². The van der Waals surface area contributed by atoms with Crippen LogP contribution in [0, 0.1) is 6.92 Å². The molecule has 0 saturated carbocycles. The van der Waals surface area contributed by atoms with Crippen LogP contribution in [0.15, 0.2) is 48.7 Å². The quantitative estimate of drug-likeness (QED) is 0.800. The SMILES string of the molecule is Cc1cccc2nc(C(=O)Nc3cccc(N4CCCC4=O)c3)cn12. The van der Waals surface area contributed by atoms with E-state index in [2.05, 4.69) is 10.3 Å². The van der Waals surface area contributed by atoms with Crippen LogP contribution < -0.4 is 10.2 Å². The number of carbonyl (C=O) groups excluding carboxylic acids is 2. The van der Waals surface area contributed by atoms with E-state index in [0.717, 1.165) is 30.0 Å². The molecule has 25 heavy (non-hydrogen) atoms. The molecule has 0 unspecified atom stereocenters. The van der Waals surface area contributed by atoms with Crippen molar-refractivity contribution in [2.24, 2.45) is 0 Å². The van der Waals surface area contributed by atoms with E-state index in [0.29, 0.717) is 17.8 Å². The number of imidazole rings is 1. The number of pyridine rings is 1. The minimum atomic E-state index is -0.270. The summed E-state index contributed by atoms with van der Waals surface area (Å²) in [7, 11) is 0. The van der Waals surface area contributed by atoms with E-state index in [1.54, 1.807) is 11.1 Å². The second-order valence-corrected chi connectivity index (χ2v) is 6.17. The topological polar surface area (TPSA) is 66.7 Å². The molecule has 0 atom stereocenters. The number of benzene rings is 1. The van der Waals surface area contributed by atoms with Gasteiger partial charge < -0.3 is 14.6 Å². The molecular weight excluding hydrogens is 316 g/mol. The van der Waals surface area contributed by atoms with Crippen LogP contribution in [0.5, 0.6) is 0 Å². The highest BCUT2D eigenvalue weighted by molar-refractivity contribution is 6.04. The molecule has 1 aromatic carbocycles. The molecule has 1 N–H and O–H groups in total. The van der Waals surface area contributed by atoms with E-state index in [9.17, 15) is 9.59 Å². The van der Waals surface area contributed by atoms with Crippen molar-refractivity contribution in [1.29, 1.82) is 0 Å². The van der Waals surface area contributed by atoms with Crippen LogP contribution in [0.1, 0.15) is 29.0 Å². The summed E-state index contributed by atoms with van der Waals surface area (Å²) in [5.74, 6) is -0.146. The van der Waals surface area contributed by atoms with E-state index < -0.39 is 0 Å². The maximum absolute atomic E-state index is 12.5. The molecule has 3 aromatic rings. The minimum Gasteiger partial charge on any atom is -0.321 e. The fourth-order valence-corrected chi connectivity index (χ4v) is 3.13. The van der Waals surface area contributed by atoms with Gasteiger partial charge in [-0.1, -0.05) is 12.1 Å². The van der Waals surface area contributed by atoms with E-state index >= 15 is 0 Å². The number of nitrogens with one attached hydrogen (secondary N) is 1. The smallest absolute Gasteiger partial charge is 0.275 e. The lowest BCUT2D eigenvalue weighted by atomic mass is 10.2. The number of hydrogen-bond donors (Lipinski definition) is 1. The van der Waals surface area contributed by atoms with Gasteiger partial charge in [-0.05, 0) is 43.7 Å². The summed E-state index contributed by atoms with van der Waals surface area (Å²) in [6.45, 7) is 2.69. The van der Waals surface area contributed by atoms with Crippen LogP contribution in [-0.4, -0.2) is 27.7 Å². The Hall–Kier alpha value is -3.15. The van der Waals surface area contributed by atoms with E-state index in [-0.39, 0.29) is 11.8 Å². The van der Waals surface area contributed by atoms with Crippen molar-refractivity contribution in [2.75, 3.05) is 16.8 Å². The number of aromatic nitrogens is 2. The second-order valence-electron chi connectivity index (χ2n) is 6.17. The Kier molecular flexibility index (Phi) is 3.72. The molecule has 6 nitrogen and oxygen atoms in total. The molecule has 0 bridgehead atoms. The lowest BCUT2D eigenvalue weighted by Gasteiger charge is -2.16. The summed E-state index contributed by atoms with van der Waals surface area (Å²) in [4.78, 5) is 30.5. The monoisotopic (exact) mass is 334 g/mol. The molecule has 126 valence electrons. The minimum absolute atomic E-state index is 0.124. The molecule has 6 heteroatoms. The molecule has 1 fully saturated rings. The Labute approximate surface area is 145 Å². The largest absolute Gasteiger partial charge is 0.321 e. The average molecular weight is 334 g/mol. The normalized spacial score (nSPS) is 14.3. The zero-order valence-corrected chi connectivity index (χ0v) is 13.9. The Bertz CT molecular complexity index is 976. The van der Waals surface area contributed by atoms with Gasteiger partial charge in [0, 0.05) is 36.2 Å². The van der Waals surface area contributed by atoms with Crippen molar-refractivity contribution in [1.82, 2.24) is 9.38 Å².